The smallest absolute Gasteiger partial charge is 0.365 e. The van der Waals surface area contributed by atoms with E-state index in [0.717, 1.165) is 25.7 Å². The number of aromatic nitrogens is 3. The van der Waals surface area contributed by atoms with E-state index in [4.69, 9.17) is 15.2 Å². The Balaban J connectivity index is 1.47. The van der Waals surface area contributed by atoms with Gasteiger partial charge in [0.1, 0.15) is 12.3 Å². The van der Waals surface area contributed by atoms with Crippen LogP contribution in [0.3, 0.4) is 0 Å². The fourth-order valence-electron chi connectivity index (χ4n) is 12.2. The second kappa shape index (κ2) is 11.8. The molecule has 2 heterocycles. The summed E-state index contributed by atoms with van der Waals surface area (Å²) in [4.78, 5) is 25.3. The van der Waals surface area contributed by atoms with Crippen molar-refractivity contribution < 1.29 is 24.3 Å². The highest BCUT2D eigenvalue weighted by molar-refractivity contribution is 5.73. The second-order valence-electron chi connectivity index (χ2n) is 18.8. The number of fused-ring (bicyclic) bond motifs is 3. The first-order chi connectivity index (χ1) is 22.7. The van der Waals surface area contributed by atoms with Gasteiger partial charge in [0, 0.05) is 28.0 Å². The molecule has 0 amide bonds. The third-order valence-corrected chi connectivity index (χ3v) is 16.0. The Hall–Kier alpha value is -2.37. The number of nitrogens with two attached hydrogens (primary N) is 1. The Bertz CT molecular complexity index is 1510. The summed E-state index contributed by atoms with van der Waals surface area (Å²) in [5, 5.41) is 31.7. The van der Waals surface area contributed by atoms with Gasteiger partial charge >= 0.3 is 11.8 Å². The largest absolute Gasteiger partial charge is 0.481 e. The number of hydrogen-bond donors (Lipinski definition) is 2. The molecule has 4 fully saturated rings. The van der Waals surface area contributed by atoms with Crippen LogP contribution in [0.2, 0.25) is 0 Å². The lowest BCUT2D eigenvalue weighted by atomic mass is 9.34. The van der Waals surface area contributed by atoms with Gasteiger partial charge in [-0.2, -0.15) is 0 Å². The van der Waals surface area contributed by atoms with Gasteiger partial charge in [-0.3, -0.25) is 4.79 Å². The average Bonchev–Trinajstić information content (AvgIpc) is 3.50. The Morgan fingerprint density at radius 3 is 2.47 bits per heavy atom. The summed E-state index contributed by atoms with van der Waals surface area (Å²) >= 11 is 0. The summed E-state index contributed by atoms with van der Waals surface area (Å²) in [5.74, 6) is -0.0688. The molecule has 4 aliphatic carbocycles. The summed E-state index contributed by atoms with van der Waals surface area (Å²) in [6.45, 7) is 23.3. The zero-order chi connectivity index (χ0) is 36.1. The van der Waals surface area contributed by atoms with Crippen LogP contribution in [-0.4, -0.2) is 62.5 Å². The Morgan fingerprint density at radius 2 is 1.86 bits per heavy atom. The van der Waals surface area contributed by atoms with Gasteiger partial charge in [-0.15, -0.1) is 9.78 Å². The van der Waals surface area contributed by atoms with Gasteiger partial charge < -0.3 is 30.4 Å². The number of hydrogen-bond acceptors (Lipinski definition) is 8. The number of aliphatic carboxylic acids is 1. The molecule has 1 aliphatic heterocycles. The third kappa shape index (κ3) is 5.01. The molecule has 3 N–H and O–H groups in total. The van der Waals surface area contributed by atoms with Crippen molar-refractivity contribution in [3.63, 3.8) is 0 Å². The minimum absolute atomic E-state index is 0.143. The topological polar surface area (TPSA) is 156 Å². The third-order valence-electron chi connectivity index (χ3n) is 16.0. The highest BCUT2D eigenvalue weighted by Gasteiger charge is 2.72. The van der Waals surface area contributed by atoms with E-state index in [1.807, 2.05) is 6.92 Å². The number of carboxylic acids is 1. The van der Waals surface area contributed by atoms with E-state index >= 15 is 0 Å². The number of carbonyl (C=O) groups is 1. The van der Waals surface area contributed by atoms with Gasteiger partial charge in [-0.1, -0.05) is 74.0 Å². The monoisotopic (exact) mass is 683 g/mol. The van der Waals surface area contributed by atoms with E-state index < -0.39 is 45.3 Å². The average molecular weight is 684 g/mol. The lowest BCUT2D eigenvalue weighted by molar-refractivity contribution is -0.394. The molecule has 0 radical (unpaired) electrons. The summed E-state index contributed by atoms with van der Waals surface area (Å²) in [7, 11) is 0. The minimum Gasteiger partial charge on any atom is -0.481 e. The summed E-state index contributed by atoms with van der Waals surface area (Å²) < 4.78 is 15.0. The summed E-state index contributed by atoms with van der Waals surface area (Å²) in [6.07, 6.45) is 8.24. The fraction of sp³-hybridized carbons (Fsp3) is 0.868. The molecular formula is C38H61N5O6. The molecule has 12 atom stereocenters. The van der Waals surface area contributed by atoms with Crippen molar-refractivity contribution >= 4 is 11.8 Å². The molecule has 6 rings (SSSR count). The fourth-order valence-corrected chi connectivity index (χ4v) is 12.2. The summed E-state index contributed by atoms with van der Waals surface area (Å²) in [5.41, 5.74) is 5.67. The lowest BCUT2D eigenvalue weighted by Crippen LogP contribution is -2.69. The molecule has 1 aromatic heterocycles. The zero-order valence-corrected chi connectivity index (χ0v) is 31.5. The number of rotatable bonds is 9. The van der Waals surface area contributed by atoms with Gasteiger partial charge in [0.15, 0.2) is 6.04 Å². The maximum absolute atomic E-state index is 13.4. The normalized spacial score (nSPS) is 43.5. The lowest BCUT2D eigenvalue weighted by Gasteiger charge is -2.71. The molecule has 11 nitrogen and oxygen atoms in total. The standard InChI is InChI=1S/C38H61N5O6/c1-22(2)24(5)33(6)15-16-35(8)25-11-12-28-34(7)19-48-21-38(28,26(25)13-14-36(35,9)30(33)32(44)45)17-27(42-29(43(46)47)18-40-41-42)31(34)49-20-37(10,39)23(3)4/h13,18,22-25,27-28,30-31H,11-12,14-17,19-21,39H2,1-10H3,(H,44,45)/t24-,25+,27-,28+,30-,31+,33-,34+,35-,36+,37+,38+/m1/s1. The van der Waals surface area contributed by atoms with Crippen LogP contribution in [0.5, 0.6) is 0 Å². The van der Waals surface area contributed by atoms with Crippen molar-refractivity contribution in [1.82, 2.24) is 15.0 Å². The number of carboxylic acid groups (broad SMARTS) is 1. The molecule has 5 aliphatic rings. The highest BCUT2D eigenvalue weighted by Crippen LogP contribution is 2.75. The number of allylic oxidation sites excluding steroid dienone is 1. The van der Waals surface area contributed by atoms with E-state index in [1.54, 1.807) is 0 Å². The zero-order valence-electron chi connectivity index (χ0n) is 31.5. The number of ether oxygens (including phenoxy) is 2. The Labute approximate surface area is 292 Å². The molecule has 3 saturated carbocycles. The molecular weight excluding hydrogens is 622 g/mol. The first-order valence-corrected chi connectivity index (χ1v) is 18.7. The molecule has 0 aromatic carbocycles. The predicted molar refractivity (Wildman–Crippen MR) is 186 cm³/mol. The number of nitrogens with zero attached hydrogens (tertiary/aromatic N) is 4. The van der Waals surface area contributed by atoms with Crippen LogP contribution in [-0.2, 0) is 14.3 Å². The number of nitro groups is 1. The molecule has 11 heteroatoms. The maximum Gasteiger partial charge on any atom is 0.365 e. The van der Waals surface area contributed by atoms with Crippen molar-refractivity contribution in [3.05, 3.63) is 28.0 Å². The van der Waals surface area contributed by atoms with Crippen molar-refractivity contribution in [1.29, 1.82) is 0 Å². The van der Waals surface area contributed by atoms with Crippen LogP contribution in [0.1, 0.15) is 114 Å². The molecule has 0 spiro atoms. The Kier molecular flexibility index (Phi) is 8.80. The van der Waals surface area contributed by atoms with Crippen LogP contribution in [0, 0.1) is 72.7 Å². The van der Waals surface area contributed by atoms with Crippen molar-refractivity contribution in [2.45, 2.75) is 125 Å². The van der Waals surface area contributed by atoms with E-state index in [9.17, 15) is 20.0 Å². The van der Waals surface area contributed by atoms with Gasteiger partial charge in [-0.25, -0.2) is 0 Å². The molecule has 274 valence electrons. The quantitative estimate of drug-likeness (QED) is 0.158. The van der Waals surface area contributed by atoms with Gasteiger partial charge in [0.2, 0.25) is 0 Å². The van der Waals surface area contributed by atoms with Crippen molar-refractivity contribution in [2.24, 2.45) is 68.3 Å². The van der Waals surface area contributed by atoms with E-state index in [-0.39, 0.29) is 45.7 Å². The minimum atomic E-state index is -0.676. The van der Waals surface area contributed by atoms with E-state index in [2.05, 4.69) is 78.7 Å². The van der Waals surface area contributed by atoms with Gasteiger partial charge in [0.25, 0.3) is 0 Å². The van der Waals surface area contributed by atoms with Crippen LogP contribution < -0.4 is 5.73 Å². The van der Waals surface area contributed by atoms with Gasteiger partial charge in [0.05, 0.1) is 25.7 Å². The maximum atomic E-state index is 13.4. The van der Waals surface area contributed by atoms with Crippen LogP contribution >= 0.6 is 0 Å². The molecule has 49 heavy (non-hydrogen) atoms. The molecule has 0 unspecified atom stereocenters. The Morgan fingerprint density at radius 1 is 1.16 bits per heavy atom. The van der Waals surface area contributed by atoms with Crippen LogP contribution in [0.4, 0.5) is 5.82 Å². The molecule has 1 saturated heterocycles. The summed E-state index contributed by atoms with van der Waals surface area (Å²) in [6, 6.07) is -0.454. The van der Waals surface area contributed by atoms with E-state index in [0.29, 0.717) is 38.6 Å². The van der Waals surface area contributed by atoms with Crippen LogP contribution in [0.15, 0.2) is 17.8 Å². The van der Waals surface area contributed by atoms with Gasteiger partial charge in [-0.05, 0) is 89.8 Å². The van der Waals surface area contributed by atoms with E-state index in [1.165, 1.54) is 16.5 Å². The SMILES string of the molecule is CC(C)[C@@H](C)[C@@]1(C)CC[C@]2(C)[C@H]3CC[C@@H]4[C@@]5(COC[C@]4(C)[C@@H](OC[C@](C)(N)C(C)C)[C@H](n4nncc4[N+](=O)[O-])C5)C3=CC[C@@]2(C)[C@@H]1C(=O)O. The van der Waals surface area contributed by atoms with Crippen LogP contribution in [0.25, 0.3) is 0 Å². The first kappa shape index (κ1) is 36.4. The predicted octanol–water partition coefficient (Wildman–Crippen LogP) is 7.07. The van der Waals surface area contributed by atoms with Crippen molar-refractivity contribution in [2.75, 3.05) is 19.8 Å². The van der Waals surface area contributed by atoms with Crippen molar-refractivity contribution in [3.8, 4) is 0 Å². The molecule has 1 aromatic rings. The molecule has 2 bridgehead atoms. The highest BCUT2D eigenvalue weighted by atomic mass is 16.6. The first-order valence-electron chi connectivity index (χ1n) is 18.7. The second-order valence-corrected chi connectivity index (χ2v) is 18.8.